The molecule has 1 aromatic rings. The van der Waals surface area contributed by atoms with Crippen molar-refractivity contribution < 1.29 is 0 Å². The van der Waals surface area contributed by atoms with E-state index in [1.807, 2.05) is 18.5 Å². The Bertz CT molecular complexity index is 331. The van der Waals surface area contributed by atoms with Crippen LogP contribution in [0.1, 0.15) is 19.8 Å². The van der Waals surface area contributed by atoms with E-state index in [9.17, 15) is 0 Å². The highest BCUT2D eigenvalue weighted by molar-refractivity contribution is 5.68. The molecule has 0 amide bonds. The molecule has 0 spiro atoms. The monoisotopic (exact) mass is 205 g/mol. The molecule has 1 atom stereocenters. The van der Waals surface area contributed by atoms with Crippen molar-refractivity contribution in [2.24, 2.45) is 5.92 Å². The van der Waals surface area contributed by atoms with Gasteiger partial charge in [-0.2, -0.15) is 0 Å². The summed E-state index contributed by atoms with van der Waals surface area (Å²) in [5.74, 6) is 0.861. The van der Waals surface area contributed by atoms with Crippen LogP contribution in [-0.4, -0.2) is 25.1 Å². The quantitative estimate of drug-likeness (QED) is 0.818. The highest BCUT2D eigenvalue weighted by atomic mass is 15.1. The Morgan fingerprint density at radius 2 is 2.20 bits per heavy atom. The third-order valence-electron chi connectivity index (χ3n) is 2.99. The Balaban J connectivity index is 2.11. The second-order valence-electron chi connectivity index (χ2n) is 4.56. The maximum Gasteiger partial charge on any atom is 0.0766 e. The first kappa shape index (κ1) is 10.3. The average molecular weight is 205 g/mol. The molecule has 3 nitrogen and oxygen atoms in total. The maximum atomic E-state index is 4.17. The summed E-state index contributed by atoms with van der Waals surface area (Å²) in [6, 6.07) is 2.61. The number of hydrogen-bond acceptors (Lipinski definition) is 3. The van der Waals surface area contributed by atoms with E-state index in [0.717, 1.165) is 11.6 Å². The predicted octanol–water partition coefficient (Wildman–Crippen LogP) is 2.36. The first-order valence-electron chi connectivity index (χ1n) is 5.56. The summed E-state index contributed by atoms with van der Waals surface area (Å²) in [4.78, 5) is 6.29. The Morgan fingerprint density at radius 3 is 2.80 bits per heavy atom. The number of hydrogen-bond donors (Lipinski definition) is 1. The molecule has 15 heavy (non-hydrogen) atoms. The van der Waals surface area contributed by atoms with E-state index in [4.69, 9.17) is 0 Å². The molecule has 1 aromatic heterocycles. The van der Waals surface area contributed by atoms with Crippen molar-refractivity contribution in [3.05, 3.63) is 18.5 Å². The summed E-state index contributed by atoms with van der Waals surface area (Å²) < 4.78 is 0. The van der Waals surface area contributed by atoms with E-state index >= 15 is 0 Å². The zero-order chi connectivity index (χ0) is 10.8. The molecule has 0 aliphatic heterocycles. The van der Waals surface area contributed by atoms with E-state index in [-0.39, 0.29) is 0 Å². The van der Waals surface area contributed by atoms with Crippen molar-refractivity contribution in [3.63, 3.8) is 0 Å². The molecule has 1 aliphatic rings. The summed E-state index contributed by atoms with van der Waals surface area (Å²) in [6.45, 7) is 2.25. The Hall–Kier alpha value is -1.25. The number of aromatic nitrogens is 1. The zero-order valence-corrected chi connectivity index (χ0v) is 9.70. The predicted molar refractivity (Wildman–Crippen MR) is 64.4 cm³/mol. The van der Waals surface area contributed by atoms with Gasteiger partial charge >= 0.3 is 0 Å². The fourth-order valence-electron chi connectivity index (χ4n) is 1.85. The molecule has 0 bridgehead atoms. The molecular formula is C12H19N3. The molecular weight excluding hydrogens is 186 g/mol. The molecule has 0 radical (unpaired) electrons. The van der Waals surface area contributed by atoms with Gasteiger partial charge in [-0.15, -0.1) is 0 Å². The molecule has 1 saturated carbocycles. The van der Waals surface area contributed by atoms with Gasteiger partial charge in [-0.05, 0) is 31.7 Å². The number of anilines is 2. The normalized spacial score (nSPS) is 17.3. The smallest absolute Gasteiger partial charge is 0.0766 e. The van der Waals surface area contributed by atoms with Crippen LogP contribution in [0.15, 0.2) is 18.5 Å². The molecule has 0 aromatic carbocycles. The minimum atomic E-state index is 0.563. The molecule has 1 aliphatic carbocycles. The van der Waals surface area contributed by atoms with Gasteiger partial charge in [0, 0.05) is 26.3 Å². The molecule has 1 N–H and O–H groups in total. The van der Waals surface area contributed by atoms with E-state index in [1.54, 1.807) is 0 Å². The van der Waals surface area contributed by atoms with Gasteiger partial charge in [0.2, 0.25) is 0 Å². The largest absolute Gasteiger partial charge is 0.379 e. The van der Waals surface area contributed by atoms with E-state index < -0.39 is 0 Å². The summed E-state index contributed by atoms with van der Waals surface area (Å²) in [5.41, 5.74) is 2.35. The molecule has 1 fully saturated rings. The molecule has 2 rings (SSSR count). The van der Waals surface area contributed by atoms with Crippen molar-refractivity contribution in [2.75, 3.05) is 24.3 Å². The van der Waals surface area contributed by atoms with Gasteiger partial charge in [-0.3, -0.25) is 4.98 Å². The van der Waals surface area contributed by atoms with Crippen molar-refractivity contribution in [1.29, 1.82) is 0 Å². The minimum absolute atomic E-state index is 0.563. The van der Waals surface area contributed by atoms with Crippen LogP contribution in [0.3, 0.4) is 0 Å². The topological polar surface area (TPSA) is 28.2 Å². The zero-order valence-electron chi connectivity index (χ0n) is 9.70. The summed E-state index contributed by atoms with van der Waals surface area (Å²) in [6.07, 6.45) is 6.48. The Labute approximate surface area is 91.5 Å². The van der Waals surface area contributed by atoms with Gasteiger partial charge in [0.25, 0.3) is 0 Å². The van der Waals surface area contributed by atoms with Crippen molar-refractivity contribution in [2.45, 2.75) is 25.8 Å². The lowest BCUT2D eigenvalue weighted by Crippen LogP contribution is -2.20. The molecule has 3 heteroatoms. The van der Waals surface area contributed by atoms with Gasteiger partial charge in [0.1, 0.15) is 0 Å². The second kappa shape index (κ2) is 4.09. The standard InChI is InChI=1S/C12H19N3/c1-9(10-4-5-10)14-11-8-13-7-6-12(11)15(2)3/h6-10,14H,4-5H2,1-3H3. The molecule has 1 heterocycles. The summed E-state index contributed by atoms with van der Waals surface area (Å²) in [5, 5.41) is 3.55. The highest BCUT2D eigenvalue weighted by Crippen LogP contribution is 2.35. The Kier molecular flexibility index (Phi) is 2.80. The van der Waals surface area contributed by atoms with Crippen LogP contribution in [0.4, 0.5) is 11.4 Å². The van der Waals surface area contributed by atoms with Gasteiger partial charge in [0.05, 0.1) is 17.6 Å². The number of pyridine rings is 1. The Morgan fingerprint density at radius 1 is 1.47 bits per heavy atom. The van der Waals surface area contributed by atoms with Crippen LogP contribution in [0.25, 0.3) is 0 Å². The molecule has 1 unspecified atom stereocenters. The van der Waals surface area contributed by atoms with Crippen LogP contribution in [0, 0.1) is 5.92 Å². The molecule has 82 valence electrons. The van der Waals surface area contributed by atoms with Crippen LogP contribution in [-0.2, 0) is 0 Å². The van der Waals surface area contributed by atoms with Crippen molar-refractivity contribution in [3.8, 4) is 0 Å². The van der Waals surface area contributed by atoms with E-state index in [2.05, 4.69) is 36.2 Å². The van der Waals surface area contributed by atoms with Gasteiger partial charge in [-0.25, -0.2) is 0 Å². The van der Waals surface area contributed by atoms with E-state index in [0.29, 0.717) is 6.04 Å². The van der Waals surface area contributed by atoms with Crippen LogP contribution in [0.2, 0.25) is 0 Å². The molecule has 0 saturated heterocycles. The lowest BCUT2D eigenvalue weighted by atomic mass is 10.2. The van der Waals surface area contributed by atoms with Gasteiger partial charge < -0.3 is 10.2 Å². The lowest BCUT2D eigenvalue weighted by Gasteiger charge is -2.21. The fourth-order valence-corrected chi connectivity index (χ4v) is 1.85. The first-order valence-corrected chi connectivity index (χ1v) is 5.56. The van der Waals surface area contributed by atoms with Gasteiger partial charge in [0.15, 0.2) is 0 Å². The third-order valence-corrected chi connectivity index (χ3v) is 2.99. The minimum Gasteiger partial charge on any atom is -0.379 e. The van der Waals surface area contributed by atoms with Crippen molar-refractivity contribution >= 4 is 11.4 Å². The second-order valence-corrected chi connectivity index (χ2v) is 4.56. The SMILES string of the molecule is CC(Nc1cnccc1N(C)C)C1CC1. The number of nitrogens with one attached hydrogen (secondary N) is 1. The summed E-state index contributed by atoms with van der Waals surface area (Å²) in [7, 11) is 4.12. The highest BCUT2D eigenvalue weighted by Gasteiger charge is 2.28. The summed E-state index contributed by atoms with van der Waals surface area (Å²) >= 11 is 0. The fraction of sp³-hybridized carbons (Fsp3) is 0.583. The number of nitrogens with zero attached hydrogens (tertiary/aromatic N) is 2. The van der Waals surface area contributed by atoms with E-state index in [1.165, 1.54) is 18.5 Å². The lowest BCUT2D eigenvalue weighted by molar-refractivity contribution is 0.693. The first-order chi connectivity index (χ1) is 7.18. The number of rotatable bonds is 4. The van der Waals surface area contributed by atoms with Crippen molar-refractivity contribution in [1.82, 2.24) is 4.98 Å². The third kappa shape index (κ3) is 2.41. The average Bonchev–Trinajstić information content (AvgIpc) is 3.01. The van der Waals surface area contributed by atoms with Crippen LogP contribution < -0.4 is 10.2 Å². The van der Waals surface area contributed by atoms with Gasteiger partial charge in [-0.1, -0.05) is 0 Å². The maximum absolute atomic E-state index is 4.17. The van der Waals surface area contributed by atoms with Crippen LogP contribution in [0.5, 0.6) is 0 Å². The van der Waals surface area contributed by atoms with Crippen LogP contribution >= 0.6 is 0 Å².